The van der Waals surface area contributed by atoms with E-state index in [1.807, 2.05) is 42.5 Å². The van der Waals surface area contributed by atoms with Gasteiger partial charge in [-0.2, -0.15) is 0 Å². The first-order chi connectivity index (χ1) is 17.5. The first-order valence-electron chi connectivity index (χ1n) is 14.2. The SMILES string of the molecule is CCC=CC=CC=CC=CCCC=CC=CC=C(CC(O)(CCCCCC)CCCCCC)C(N)=O. The summed E-state index contributed by atoms with van der Waals surface area (Å²) in [5.74, 6) is -0.446. The summed E-state index contributed by atoms with van der Waals surface area (Å²) in [5, 5.41) is 11.4. The lowest BCUT2D eigenvalue weighted by atomic mass is 9.84. The predicted molar refractivity (Wildman–Crippen MR) is 159 cm³/mol. The molecule has 0 bridgehead atoms. The van der Waals surface area contributed by atoms with Crippen LogP contribution in [0.4, 0.5) is 0 Å². The number of carbonyl (C=O) groups excluding carboxylic acids is 1. The third-order valence-electron chi connectivity index (χ3n) is 6.05. The molecule has 0 aliphatic rings. The van der Waals surface area contributed by atoms with E-state index in [9.17, 15) is 9.90 Å². The maximum atomic E-state index is 12.1. The number of carbonyl (C=O) groups is 1. The van der Waals surface area contributed by atoms with Gasteiger partial charge in [0.25, 0.3) is 0 Å². The zero-order valence-electron chi connectivity index (χ0n) is 23.3. The summed E-state index contributed by atoms with van der Waals surface area (Å²) in [6, 6.07) is 0. The molecule has 0 aromatic heterocycles. The standard InChI is InChI=1S/C33H53NO2/c1-4-7-10-13-14-15-16-17-18-19-20-21-22-23-24-27-31(32(34)35)30-33(36,28-25-11-8-5-2)29-26-12-9-6-3/h7,10,13-18,21-24,27,36H,4-6,8-9,11-12,19-20,25-26,28-30H2,1-3H3,(H2,34,35). The average Bonchev–Trinajstić information content (AvgIpc) is 2.86. The van der Waals surface area contributed by atoms with Crippen molar-refractivity contribution in [1.82, 2.24) is 0 Å². The molecular formula is C33H53NO2. The van der Waals surface area contributed by atoms with Crippen molar-refractivity contribution < 1.29 is 9.90 Å². The number of rotatable bonds is 22. The van der Waals surface area contributed by atoms with Gasteiger partial charge >= 0.3 is 0 Å². The molecule has 0 aromatic rings. The topological polar surface area (TPSA) is 63.3 Å². The van der Waals surface area contributed by atoms with Crippen LogP contribution in [0.15, 0.2) is 84.6 Å². The summed E-state index contributed by atoms with van der Waals surface area (Å²) >= 11 is 0. The Morgan fingerprint density at radius 1 is 0.667 bits per heavy atom. The van der Waals surface area contributed by atoms with Crippen LogP contribution in [-0.4, -0.2) is 16.6 Å². The Morgan fingerprint density at radius 3 is 1.61 bits per heavy atom. The Bertz CT molecular complexity index is 738. The molecule has 0 aromatic carbocycles. The molecule has 3 nitrogen and oxygen atoms in total. The second-order valence-corrected chi connectivity index (χ2v) is 9.50. The zero-order valence-corrected chi connectivity index (χ0v) is 23.3. The van der Waals surface area contributed by atoms with Gasteiger partial charge < -0.3 is 10.8 Å². The van der Waals surface area contributed by atoms with E-state index < -0.39 is 11.5 Å². The fourth-order valence-electron chi connectivity index (χ4n) is 3.90. The highest BCUT2D eigenvalue weighted by Crippen LogP contribution is 2.29. The molecule has 202 valence electrons. The molecule has 0 saturated carbocycles. The number of hydrogen-bond donors (Lipinski definition) is 2. The summed E-state index contributed by atoms with van der Waals surface area (Å²) in [6.07, 6.45) is 39.8. The van der Waals surface area contributed by atoms with E-state index in [1.165, 1.54) is 25.7 Å². The molecule has 0 spiro atoms. The third kappa shape index (κ3) is 20.9. The van der Waals surface area contributed by atoms with Gasteiger partial charge in [0, 0.05) is 12.0 Å². The molecule has 0 heterocycles. The lowest BCUT2D eigenvalue weighted by molar-refractivity contribution is -0.115. The molecule has 0 atom stereocenters. The number of aliphatic hydroxyl groups is 1. The van der Waals surface area contributed by atoms with Gasteiger partial charge in [-0.3, -0.25) is 4.79 Å². The van der Waals surface area contributed by atoms with E-state index in [1.54, 1.807) is 6.08 Å². The largest absolute Gasteiger partial charge is 0.390 e. The lowest BCUT2D eigenvalue weighted by Crippen LogP contribution is -2.32. The van der Waals surface area contributed by atoms with Crippen LogP contribution < -0.4 is 5.73 Å². The minimum Gasteiger partial charge on any atom is -0.390 e. The number of nitrogens with two attached hydrogens (primary N) is 1. The van der Waals surface area contributed by atoms with Crippen molar-refractivity contribution in [2.24, 2.45) is 5.73 Å². The van der Waals surface area contributed by atoms with Gasteiger partial charge in [0.2, 0.25) is 5.91 Å². The molecule has 3 N–H and O–H groups in total. The van der Waals surface area contributed by atoms with Crippen LogP contribution in [0.2, 0.25) is 0 Å². The predicted octanol–water partition coefficient (Wildman–Crippen LogP) is 8.99. The minimum absolute atomic E-state index is 0.330. The van der Waals surface area contributed by atoms with E-state index in [4.69, 9.17) is 5.73 Å². The summed E-state index contributed by atoms with van der Waals surface area (Å²) in [7, 11) is 0. The maximum absolute atomic E-state index is 12.1. The van der Waals surface area contributed by atoms with Gasteiger partial charge in [-0.1, -0.05) is 151 Å². The van der Waals surface area contributed by atoms with Gasteiger partial charge in [0.15, 0.2) is 0 Å². The van der Waals surface area contributed by atoms with Crippen LogP contribution in [0.1, 0.15) is 111 Å². The fraction of sp³-hybridized carbons (Fsp3) is 0.545. The molecule has 0 saturated heterocycles. The monoisotopic (exact) mass is 495 g/mol. The van der Waals surface area contributed by atoms with E-state index >= 15 is 0 Å². The van der Waals surface area contributed by atoms with Crippen molar-refractivity contribution in [3.63, 3.8) is 0 Å². The quantitative estimate of drug-likeness (QED) is 0.0894. The molecule has 0 unspecified atom stereocenters. The second kappa shape index (κ2) is 24.3. The molecule has 0 rings (SSSR count). The van der Waals surface area contributed by atoms with Gasteiger partial charge in [0.05, 0.1) is 5.60 Å². The summed E-state index contributed by atoms with van der Waals surface area (Å²) in [4.78, 5) is 12.1. The molecule has 3 heteroatoms. The zero-order chi connectivity index (χ0) is 26.7. The number of unbranched alkanes of at least 4 members (excludes halogenated alkanes) is 7. The van der Waals surface area contributed by atoms with Gasteiger partial charge in [0.1, 0.15) is 0 Å². The van der Waals surface area contributed by atoms with Crippen LogP contribution >= 0.6 is 0 Å². The fourth-order valence-corrected chi connectivity index (χ4v) is 3.90. The number of amides is 1. The van der Waals surface area contributed by atoms with Crippen molar-refractivity contribution in [2.75, 3.05) is 0 Å². The first-order valence-corrected chi connectivity index (χ1v) is 14.2. The van der Waals surface area contributed by atoms with Gasteiger partial charge in [-0.15, -0.1) is 0 Å². The average molecular weight is 496 g/mol. The van der Waals surface area contributed by atoms with Crippen molar-refractivity contribution in [2.45, 2.75) is 116 Å². The third-order valence-corrected chi connectivity index (χ3v) is 6.05. The van der Waals surface area contributed by atoms with E-state index in [0.717, 1.165) is 57.8 Å². The van der Waals surface area contributed by atoms with Crippen LogP contribution in [0, 0.1) is 0 Å². The van der Waals surface area contributed by atoms with Crippen molar-refractivity contribution >= 4 is 5.91 Å². The van der Waals surface area contributed by atoms with E-state index in [2.05, 4.69) is 51.2 Å². The van der Waals surface area contributed by atoms with Crippen LogP contribution in [-0.2, 0) is 4.79 Å². The smallest absolute Gasteiger partial charge is 0.244 e. The summed E-state index contributed by atoms with van der Waals surface area (Å²) < 4.78 is 0. The highest BCUT2D eigenvalue weighted by Gasteiger charge is 2.28. The van der Waals surface area contributed by atoms with Crippen LogP contribution in [0.5, 0.6) is 0 Å². The molecular weight excluding hydrogens is 442 g/mol. The normalized spacial score (nSPS) is 13.7. The number of allylic oxidation sites excluding steroid dienone is 13. The van der Waals surface area contributed by atoms with E-state index in [-0.39, 0.29) is 0 Å². The molecule has 0 radical (unpaired) electrons. The second-order valence-electron chi connectivity index (χ2n) is 9.50. The molecule has 36 heavy (non-hydrogen) atoms. The summed E-state index contributed by atoms with van der Waals surface area (Å²) in [5.41, 5.74) is 5.32. The molecule has 0 aliphatic carbocycles. The van der Waals surface area contributed by atoms with Gasteiger partial charge in [-0.25, -0.2) is 0 Å². The van der Waals surface area contributed by atoms with Gasteiger partial charge in [-0.05, 0) is 32.1 Å². The lowest BCUT2D eigenvalue weighted by Gasteiger charge is -2.29. The Balaban J connectivity index is 4.73. The van der Waals surface area contributed by atoms with Crippen LogP contribution in [0.3, 0.4) is 0 Å². The highest BCUT2D eigenvalue weighted by atomic mass is 16.3. The first kappa shape index (κ1) is 33.6. The van der Waals surface area contributed by atoms with Crippen molar-refractivity contribution in [1.29, 1.82) is 0 Å². The Kier molecular flexibility index (Phi) is 22.7. The summed E-state index contributed by atoms with van der Waals surface area (Å²) in [6.45, 7) is 6.50. The Morgan fingerprint density at radius 2 is 1.14 bits per heavy atom. The minimum atomic E-state index is -0.852. The Labute approximate surface area is 222 Å². The highest BCUT2D eigenvalue weighted by molar-refractivity contribution is 5.92. The molecule has 0 fully saturated rings. The molecule has 1 amide bonds. The van der Waals surface area contributed by atoms with Crippen molar-refractivity contribution in [3.8, 4) is 0 Å². The van der Waals surface area contributed by atoms with E-state index in [0.29, 0.717) is 12.0 Å². The Hall–Kier alpha value is -2.39. The number of hydrogen-bond acceptors (Lipinski definition) is 2. The molecule has 0 aliphatic heterocycles. The van der Waals surface area contributed by atoms with Crippen molar-refractivity contribution in [3.05, 3.63) is 84.6 Å². The number of primary amides is 1. The maximum Gasteiger partial charge on any atom is 0.244 e. The van der Waals surface area contributed by atoms with Crippen LogP contribution in [0.25, 0.3) is 0 Å².